The molecule has 6 nitrogen and oxygen atoms in total. The Labute approximate surface area is 120 Å². The average molecular weight is 305 g/mol. The molecule has 0 spiro atoms. The second-order valence-electron chi connectivity index (χ2n) is 4.75. The van der Waals surface area contributed by atoms with E-state index in [1.165, 1.54) is 0 Å². The van der Waals surface area contributed by atoms with Gasteiger partial charge < -0.3 is 15.0 Å². The molecule has 1 aromatic rings. The van der Waals surface area contributed by atoms with Gasteiger partial charge in [-0.15, -0.1) is 0 Å². The summed E-state index contributed by atoms with van der Waals surface area (Å²) in [6.07, 6.45) is -2.04. The third-order valence-electron chi connectivity index (χ3n) is 3.08. The molecule has 0 amide bonds. The fourth-order valence-electron chi connectivity index (χ4n) is 2.02. The van der Waals surface area contributed by atoms with Gasteiger partial charge in [0.1, 0.15) is 6.61 Å². The van der Waals surface area contributed by atoms with Crippen molar-refractivity contribution < 1.29 is 17.9 Å². The molecule has 1 aliphatic rings. The molecular formula is C12H18F3N5O. The van der Waals surface area contributed by atoms with Crippen LogP contribution in [0.2, 0.25) is 0 Å². The maximum atomic E-state index is 12.1. The van der Waals surface area contributed by atoms with Gasteiger partial charge in [0.2, 0.25) is 11.9 Å². The van der Waals surface area contributed by atoms with E-state index >= 15 is 0 Å². The van der Waals surface area contributed by atoms with Gasteiger partial charge in [0.05, 0.1) is 6.42 Å². The summed E-state index contributed by atoms with van der Waals surface area (Å²) in [5.41, 5.74) is 0. The van der Waals surface area contributed by atoms with Crippen LogP contribution < -0.4 is 15.0 Å². The SMILES string of the molecule is CNc1nc(OCCC(F)(F)F)nc(N2CCCCC2)n1. The van der Waals surface area contributed by atoms with Crippen LogP contribution in [0.4, 0.5) is 25.1 Å². The first-order chi connectivity index (χ1) is 9.98. The van der Waals surface area contributed by atoms with E-state index in [-0.39, 0.29) is 12.0 Å². The molecular weight excluding hydrogens is 287 g/mol. The molecule has 0 saturated carbocycles. The van der Waals surface area contributed by atoms with Crippen LogP contribution in [0.1, 0.15) is 25.7 Å². The molecule has 0 aromatic carbocycles. The molecule has 0 aliphatic carbocycles. The molecule has 118 valence electrons. The van der Waals surface area contributed by atoms with E-state index in [9.17, 15) is 13.2 Å². The maximum Gasteiger partial charge on any atom is 0.392 e. The smallest absolute Gasteiger partial charge is 0.392 e. The van der Waals surface area contributed by atoms with Crippen molar-refractivity contribution in [2.45, 2.75) is 31.9 Å². The number of halogens is 3. The zero-order valence-corrected chi connectivity index (χ0v) is 11.8. The first kappa shape index (κ1) is 15.6. The van der Waals surface area contributed by atoms with Gasteiger partial charge in [0.15, 0.2) is 0 Å². The van der Waals surface area contributed by atoms with Crippen molar-refractivity contribution in [3.05, 3.63) is 0 Å². The van der Waals surface area contributed by atoms with E-state index in [2.05, 4.69) is 20.3 Å². The maximum absolute atomic E-state index is 12.1. The molecule has 1 fully saturated rings. The molecule has 21 heavy (non-hydrogen) atoms. The third kappa shape index (κ3) is 4.91. The minimum atomic E-state index is -4.26. The lowest BCUT2D eigenvalue weighted by molar-refractivity contribution is -0.139. The van der Waals surface area contributed by atoms with Gasteiger partial charge in [0, 0.05) is 20.1 Å². The van der Waals surface area contributed by atoms with Gasteiger partial charge in [0.25, 0.3) is 0 Å². The molecule has 0 radical (unpaired) electrons. The third-order valence-corrected chi connectivity index (χ3v) is 3.08. The summed E-state index contributed by atoms with van der Waals surface area (Å²) >= 11 is 0. The van der Waals surface area contributed by atoms with Crippen LogP contribution in [0.15, 0.2) is 0 Å². The Kier molecular flexibility index (Phi) is 5.03. The van der Waals surface area contributed by atoms with Gasteiger partial charge in [-0.2, -0.15) is 28.1 Å². The van der Waals surface area contributed by atoms with Crippen LogP contribution >= 0.6 is 0 Å². The normalized spacial score (nSPS) is 15.9. The molecule has 0 unspecified atom stereocenters. The minimum absolute atomic E-state index is 0.0841. The van der Waals surface area contributed by atoms with Gasteiger partial charge >= 0.3 is 12.2 Å². The second-order valence-corrected chi connectivity index (χ2v) is 4.75. The number of piperidine rings is 1. The van der Waals surface area contributed by atoms with Crippen LogP contribution in [0, 0.1) is 0 Å². The van der Waals surface area contributed by atoms with Crippen LogP contribution in [0.25, 0.3) is 0 Å². The zero-order chi connectivity index (χ0) is 15.3. The Morgan fingerprint density at radius 2 is 1.86 bits per heavy atom. The fourth-order valence-corrected chi connectivity index (χ4v) is 2.02. The van der Waals surface area contributed by atoms with E-state index < -0.39 is 19.2 Å². The van der Waals surface area contributed by atoms with Crippen molar-refractivity contribution in [1.82, 2.24) is 15.0 Å². The van der Waals surface area contributed by atoms with Crippen molar-refractivity contribution in [2.75, 3.05) is 37.0 Å². The first-order valence-corrected chi connectivity index (χ1v) is 6.86. The van der Waals surface area contributed by atoms with Gasteiger partial charge in [-0.1, -0.05) is 0 Å². The number of anilines is 2. The minimum Gasteiger partial charge on any atom is -0.463 e. The highest BCUT2D eigenvalue weighted by Crippen LogP contribution is 2.21. The topological polar surface area (TPSA) is 63.2 Å². The summed E-state index contributed by atoms with van der Waals surface area (Å²) in [5.74, 6) is 0.726. The second kappa shape index (κ2) is 6.77. The van der Waals surface area contributed by atoms with E-state index in [0.29, 0.717) is 5.95 Å². The molecule has 1 saturated heterocycles. The van der Waals surface area contributed by atoms with E-state index in [4.69, 9.17) is 4.74 Å². The quantitative estimate of drug-likeness (QED) is 0.900. The van der Waals surface area contributed by atoms with Gasteiger partial charge in [-0.3, -0.25) is 0 Å². The lowest BCUT2D eigenvalue weighted by atomic mass is 10.1. The summed E-state index contributed by atoms with van der Waals surface area (Å²) in [7, 11) is 1.63. The Morgan fingerprint density at radius 1 is 1.14 bits per heavy atom. The monoisotopic (exact) mass is 305 g/mol. The summed E-state index contributed by atoms with van der Waals surface area (Å²) in [6, 6.07) is -0.0841. The number of hydrogen-bond donors (Lipinski definition) is 1. The summed E-state index contributed by atoms with van der Waals surface area (Å²) < 4.78 is 41.4. The van der Waals surface area contributed by atoms with Crippen molar-refractivity contribution in [3.8, 4) is 6.01 Å². The van der Waals surface area contributed by atoms with Crippen LogP contribution in [-0.2, 0) is 0 Å². The Morgan fingerprint density at radius 3 is 2.48 bits per heavy atom. The number of alkyl halides is 3. The number of nitrogens with zero attached hydrogens (tertiary/aromatic N) is 4. The first-order valence-electron chi connectivity index (χ1n) is 6.86. The van der Waals surface area contributed by atoms with Crippen molar-refractivity contribution in [2.24, 2.45) is 0 Å². The summed E-state index contributed by atoms with van der Waals surface area (Å²) in [4.78, 5) is 14.2. The Bertz CT molecular complexity index is 463. The van der Waals surface area contributed by atoms with E-state index in [1.54, 1.807) is 7.05 Å². The zero-order valence-electron chi connectivity index (χ0n) is 11.8. The number of hydrogen-bond acceptors (Lipinski definition) is 6. The lowest BCUT2D eigenvalue weighted by Crippen LogP contribution is -2.31. The molecule has 2 heterocycles. The standard InChI is InChI=1S/C12H18F3N5O/c1-16-9-17-10(20-6-3-2-4-7-20)19-11(18-9)21-8-5-12(13,14)15/h2-8H2,1H3,(H,16,17,18,19). The van der Waals surface area contributed by atoms with E-state index in [0.717, 1.165) is 32.4 Å². The molecule has 0 bridgehead atoms. The summed E-state index contributed by atoms with van der Waals surface area (Å²) in [5, 5.41) is 2.76. The predicted molar refractivity (Wildman–Crippen MR) is 71.6 cm³/mol. The van der Waals surface area contributed by atoms with Gasteiger partial charge in [-0.25, -0.2) is 0 Å². The van der Waals surface area contributed by atoms with Crippen LogP contribution in [0.5, 0.6) is 6.01 Å². The largest absolute Gasteiger partial charge is 0.463 e. The number of aromatic nitrogens is 3. The predicted octanol–water partition coefficient (Wildman–Crippen LogP) is 2.23. The molecule has 1 aliphatic heterocycles. The lowest BCUT2D eigenvalue weighted by Gasteiger charge is -2.26. The van der Waals surface area contributed by atoms with Crippen molar-refractivity contribution >= 4 is 11.9 Å². The average Bonchev–Trinajstić information content (AvgIpc) is 2.46. The summed E-state index contributed by atoms with van der Waals surface area (Å²) in [6.45, 7) is 1.15. The molecule has 9 heteroatoms. The highest BCUT2D eigenvalue weighted by atomic mass is 19.4. The Hall–Kier alpha value is -1.80. The van der Waals surface area contributed by atoms with Crippen LogP contribution in [-0.4, -0.2) is 47.9 Å². The highest BCUT2D eigenvalue weighted by Gasteiger charge is 2.27. The molecule has 1 N–H and O–H groups in total. The fraction of sp³-hybridized carbons (Fsp3) is 0.750. The van der Waals surface area contributed by atoms with Gasteiger partial charge in [-0.05, 0) is 19.3 Å². The number of ether oxygens (including phenoxy) is 1. The number of rotatable bonds is 5. The molecule has 0 atom stereocenters. The Balaban J connectivity index is 2.06. The van der Waals surface area contributed by atoms with Crippen molar-refractivity contribution in [1.29, 1.82) is 0 Å². The van der Waals surface area contributed by atoms with Crippen LogP contribution in [0.3, 0.4) is 0 Å². The van der Waals surface area contributed by atoms with Crippen molar-refractivity contribution in [3.63, 3.8) is 0 Å². The molecule has 2 rings (SSSR count). The molecule has 1 aromatic heterocycles. The van der Waals surface area contributed by atoms with E-state index in [1.807, 2.05) is 4.90 Å². The highest BCUT2D eigenvalue weighted by molar-refractivity contribution is 5.38. The number of nitrogens with one attached hydrogen (secondary N) is 1.